The number of aromatic nitrogens is 1. The van der Waals surface area contributed by atoms with Gasteiger partial charge in [0.25, 0.3) is 11.5 Å². The summed E-state index contributed by atoms with van der Waals surface area (Å²) in [4.78, 5) is 58.8. The lowest BCUT2D eigenvalue weighted by Gasteiger charge is -2.25. The van der Waals surface area contributed by atoms with Gasteiger partial charge in [-0.25, -0.2) is 9.79 Å². The Morgan fingerprint density at radius 2 is 1.88 bits per heavy atom. The van der Waals surface area contributed by atoms with E-state index in [0.29, 0.717) is 27.3 Å². The number of allylic oxidation sites excluding steroid dienone is 1. The van der Waals surface area contributed by atoms with Gasteiger partial charge >= 0.3 is 11.9 Å². The molecule has 40 heavy (non-hydrogen) atoms. The summed E-state index contributed by atoms with van der Waals surface area (Å²) in [5.74, 6) is -1.09. The fourth-order valence-corrected chi connectivity index (χ4v) is 6.10. The van der Waals surface area contributed by atoms with E-state index in [0.717, 1.165) is 11.3 Å². The number of benzene rings is 2. The zero-order chi connectivity index (χ0) is 28.7. The van der Waals surface area contributed by atoms with Crippen LogP contribution in [0.15, 0.2) is 76.2 Å². The summed E-state index contributed by atoms with van der Waals surface area (Å²) < 4.78 is 17.3. The molecule has 204 valence electrons. The molecule has 0 saturated carbocycles. The third-order valence-corrected chi connectivity index (χ3v) is 7.68. The molecule has 1 atom stereocenters. The number of para-hydroxylation sites is 1. The van der Waals surface area contributed by atoms with Crippen LogP contribution in [0.25, 0.3) is 5.57 Å². The summed E-state index contributed by atoms with van der Waals surface area (Å²) in [5.41, 5.74) is 2.11. The lowest BCUT2D eigenvalue weighted by Crippen LogP contribution is -2.40. The molecule has 0 saturated heterocycles. The van der Waals surface area contributed by atoms with Crippen molar-refractivity contribution in [1.82, 2.24) is 4.57 Å². The number of nitrogens with zero attached hydrogens (tertiary/aromatic N) is 3. The molecule has 2 aromatic carbocycles. The smallest absolute Gasteiger partial charge is 0.338 e. The Hall–Kier alpha value is -4.77. The number of ether oxygens (including phenoxy) is 3. The van der Waals surface area contributed by atoms with E-state index in [1.807, 2.05) is 12.1 Å². The van der Waals surface area contributed by atoms with Crippen molar-refractivity contribution in [1.29, 1.82) is 0 Å². The van der Waals surface area contributed by atoms with Gasteiger partial charge in [-0.15, -0.1) is 6.58 Å². The van der Waals surface area contributed by atoms with Crippen LogP contribution in [0.4, 0.5) is 5.69 Å². The Balaban J connectivity index is 1.80. The summed E-state index contributed by atoms with van der Waals surface area (Å²) in [7, 11) is 2.67. The van der Waals surface area contributed by atoms with Crippen molar-refractivity contribution in [2.45, 2.75) is 19.9 Å². The van der Waals surface area contributed by atoms with Crippen LogP contribution in [-0.2, 0) is 19.1 Å². The predicted octanol–water partition coefficient (Wildman–Crippen LogP) is 2.24. The summed E-state index contributed by atoms with van der Waals surface area (Å²) in [6.45, 7) is 6.96. The molecule has 0 spiro atoms. The fourth-order valence-electron chi connectivity index (χ4n) is 4.96. The molecule has 1 aromatic heterocycles. The van der Waals surface area contributed by atoms with Gasteiger partial charge in [-0.1, -0.05) is 41.7 Å². The minimum atomic E-state index is -0.950. The third kappa shape index (κ3) is 4.24. The number of rotatable bonds is 6. The number of carbonyl (C=O) groups is 3. The van der Waals surface area contributed by atoms with Crippen LogP contribution in [0.1, 0.15) is 31.0 Å². The van der Waals surface area contributed by atoms with Crippen molar-refractivity contribution in [2.75, 3.05) is 25.7 Å². The highest BCUT2D eigenvalue weighted by molar-refractivity contribution is 7.07. The zero-order valence-corrected chi connectivity index (χ0v) is 23.0. The summed E-state index contributed by atoms with van der Waals surface area (Å²) in [6, 6.07) is 11.1. The van der Waals surface area contributed by atoms with E-state index in [1.165, 1.54) is 31.8 Å². The number of esters is 2. The normalized spacial score (nSPS) is 17.1. The molecule has 5 rings (SSSR count). The number of methoxy groups -OCH3 is 2. The molecule has 2 aliphatic heterocycles. The van der Waals surface area contributed by atoms with Crippen LogP contribution in [-0.4, -0.2) is 43.2 Å². The van der Waals surface area contributed by atoms with E-state index in [4.69, 9.17) is 14.2 Å². The first kappa shape index (κ1) is 26.8. The highest BCUT2D eigenvalue weighted by Gasteiger charge is 2.37. The lowest BCUT2D eigenvalue weighted by molar-refractivity contribution is -0.136. The van der Waals surface area contributed by atoms with Gasteiger partial charge in [-0.3, -0.25) is 19.0 Å². The predicted molar refractivity (Wildman–Crippen MR) is 148 cm³/mol. The van der Waals surface area contributed by atoms with Gasteiger partial charge in [-0.05, 0) is 30.7 Å². The second-order valence-electron chi connectivity index (χ2n) is 8.99. The summed E-state index contributed by atoms with van der Waals surface area (Å²) >= 11 is 1.08. The molecule has 0 unspecified atom stereocenters. The maximum Gasteiger partial charge on any atom is 0.338 e. The zero-order valence-electron chi connectivity index (χ0n) is 22.2. The third-order valence-electron chi connectivity index (χ3n) is 6.62. The van der Waals surface area contributed by atoms with Crippen molar-refractivity contribution in [3.63, 3.8) is 0 Å². The fraction of sp³-hybridized carbons (Fsp3) is 0.207. The number of hydrogen-bond acceptors (Lipinski definition) is 9. The number of fused-ring (bicyclic) bond motifs is 2. The van der Waals surface area contributed by atoms with Crippen molar-refractivity contribution in [2.24, 2.45) is 4.99 Å². The van der Waals surface area contributed by atoms with Gasteiger partial charge in [0.05, 0.1) is 42.8 Å². The molecule has 3 aromatic rings. The largest absolute Gasteiger partial charge is 0.493 e. The average molecular weight is 560 g/mol. The van der Waals surface area contributed by atoms with E-state index in [-0.39, 0.29) is 39.6 Å². The SMILES string of the molecule is C=CCN1C(=O)/C(=c2\sc3n(c2=O)[C@H](c2ccc(OC(C)=O)c(OC)c2)C(C(=O)OC)=C(C)N=3)c2ccccc21. The van der Waals surface area contributed by atoms with Crippen LogP contribution in [0.3, 0.4) is 0 Å². The van der Waals surface area contributed by atoms with Gasteiger partial charge in [0.15, 0.2) is 16.3 Å². The van der Waals surface area contributed by atoms with E-state index >= 15 is 0 Å². The highest BCUT2D eigenvalue weighted by Crippen LogP contribution is 2.37. The molecule has 0 N–H and O–H groups in total. The first-order valence-corrected chi connectivity index (χ1v) is 13.0. The molecular weight excluding hydrogens is 534 g/mol. The molecule has 10 nitrogen and oxygen atoms in total. The maximum absolute atomic E-state index is 14.2. The Bertz CT molecular complexity index is 1820. The molecule has 11 heteroatoms. The van der Waals surface area contributed by atoms with Crippen molar-refractivity contribution >= 4 is 40.4 Å². The van der Waals surface area contributed by atoms with Crippen LogP contribution >= 0.6 is 11.3 Å². The van der Waals surface area contributed by atoms with E-state index < -0.39 is 23.5 Å². The number of hydrogen-bond donors (Lipinski definition) is 0. The van der Waals surface area contributed by atoms with Gasteiger partial charge < -0.3 is 19.1 Å². The van der Waals surface area contributed by atoms with E-state index in [9.17, 15) is 19.2 Å². The lowest BCUT2D eigenvalue weighted by atomic mass is 9.95. The molecule has 0 aliphatic carbocycles. The second kappa shape index (κ2) is 10.4. The van der Waals surface area contributed by atoms with Gasteiger partial charge in [0.2, 0.25) is 0 Å². The topological polar surface area (TPSA) is 117 Å². The molecule has 1 amide bonds. The van der Waals surface area contributed by atoms with Gasteiger partial charge in [0, 0.05) is 19.0 Å². The standard InChI is InChI=1S/C29H25N3O7S/c1-6-13-31-19-10-8-7-9-18(19)23(26(31)34)25-27(35)32-24(22(28(36)38-5)15(2)30-29(32)40-25)17-11-12-20(39-16(3)33)21(14-17)37-4/h6-12,14,24H,1,13H2,2-5H3/b25-23-/t24-/m1/s1. The minimum Gasteiger partial charge on any atom is -0.493 e. The Labute approximate surface area is 232 Å². The van der Waals surface area contributed by atoms with E-state index in [2.05, 4.69) is 11.6 Å². The molecule has 2 aliphatic rings. The van der Waals surface area contributed by atoms with E-state index in [1.54, 1.807) is 42.2 Å². The quantitative estimate of drug-likeness (QED) is 0.258. The van der Waals surface area contributed by atoms with Crippen LogP contribution in [0.2, 0.25) is 0 Å². The summed E-state index contributed by atoms with van der Waals surface area (Å²) in [5, 5.41) is 0. The van der Waals surface area contributed by atoms with Crippen molar-refractivity contribution in [3.8, 4) is 11.5 Å². The van der Waals surface area contributed by atoms with Crippen LogP contribution in [0.5, 0.6) is 11.5 Å². The number of thiazole rings is 1. The molecule has 0 radical (unpaired) electrons. The minimum absolute atomic E-state index is 0.153. The van der Waals surface area contributed by atoms with Crippen molar-refractivity contribution < 1.29 is 28.6 Å². The molecule has 3 heterocycles. The van der Waals surface area contributed by atoms with Gasteiger partial charge in [0.1, 0.15) is 4.53 Å². The van der Waals surface area contributed by atoms with Crippen LogP contribution in [0, 0.1) is 0 Å². The Morgan fingerprint density at radius 1 is 1.12 bits per heavy atom. The first-order chi connectivity index (χ1) is 19.2. The number of carbonyl (C=O) groups excluding carboxylic acids is 3. The second-order valence-corrected chi connectivity index (χ2v) is 9.97. The maximum atomic E-state index is 14.2. The van der Waals surface area contributed by atoms with Gasteiger partial charge in [-0.2, -0.15) is 0 Å². The average Bonchev–Trinajstić information content (AvgIpc) is 3.40. The molecule has 0 fully saturated rings. The Kier molecular flexibility index (Phi) is 6.99. The van der Waals surface area contributed by atoms with Crippen LogP contribution < -0.4 is 29.3 Å². The Morgan fingerprint density at radius 3 is 2.55 bits per heavy atom. The highest BCUT2D eigenvalue weighted by atomic mass is 32.1. The van der Waals surface area contributed by atoms with Crippen molar-refractivity contribution in [3.05, 3.63) is 97.2 Å². The summed E-state index contributed by atoms with van der Waals surface area (Å²) in [6.07, 6.45) is 1.62. The first-order valence-electron chi connectivity index (χ1n) is 12.2. The number of amides is 1. The number of anilines is 1. The molecular formula is C29H25N3O7S. The molecule has 0 bridgehead atoms. The monoisotopic (exact) mass is 559 g/mol.